The van der Waals surface area contributed by atoms with E-state index >= 15 is 0 Å². The summed E-state index contributed by atoms with van der Waals surface area (Å²) in [4.78, 5) is 19.9. The van der Waals surface area contributed by atoms with Crippen molar-refractivity contribution < 1.29 is 9.90 Å². The van der Waals surface area contributed by atoms with Crippen LogP contribution < -0.4 is 10.6 Å². The maximum atomic E-state index is 11.3. The van der Waals surface area contributed by atoms with E-state index in [2.05, 4.69) is 23.9 Å². The third-order valence-electron chi connectivity index (χ3n) is 3.67. The summed E-state index contributed by atoms with van der Waals surface area (Å²) in [6.45, 7) is 4.62. The minimum Gasteiger partial charge on any atom is -0.478 e. The summed E-state index contributed by atoms with van der Waals surface area (Å²) in [5.74, 6) is -0.463. The van der Waals surface area contributed by atoms with Crippen molar-refractivity contribution in [2.45, 2.75) is 19.4 Å². The molecule has 0 saturated carbocycles. The highest BCUT2D eigenvalue weighted by Gasteiger charge is 2.26. The van der Waals surface area contributed by atoms with Gasteiger partial charge in [0.1, 0.15) is 11.4 Å². The van der Waals surface area contributed by atoms with Crippen LogP contribution in [0.25, 0.3) is 0 Å². The number of aromatic carboxylic acids is 1. The van der Waals surface area contributed by atoms with Gasteiger partial charge in [0, 0.05) is 25.7 Å². The second-order valence-electron chi connectivity index (χ2n) is 4.93. The van der Waals surface area contributed by atoms with E-state index in [0.29, 0.717) is 17.5 Å². The summed E-state index contributed by atoms with van der Waals surface area (Å²) in [6.07, 6.45) is 2.55. The van der Waals surface area contributed by atoms with E-state index in [9.17, 15) is 9.90 Å². The van der Waals surface area contributed by atoms with Gasteiger partial charge in [-0.25, -0.2) is 9.78 Å². The zero-order chi connectivity index (χ0) is 14.0. The third kappa shape index (κ3) is 2.78. The number of piperazine rings is 1. The zero-order valence-corrected chi connectivity index (χ0v) is 11.3. The lowest BCUT2D eigenvalue weighted by molar-refractivity contribution is 0.0697. The van der Waals surface area contributed by atoms with Crippen LogP contribution in [-0.2, 0) is 0 Å². The van der Waals surface area contributed by atoms with E-state index in [1.807, 2.05) is 4.90 Å². The molecule has 3 N–H and O–H groups in total. The summed E-state index contributed by atoms with van der Waals surface area (Å²) in [5.41, 5.74) is 6.17. The number of likely N-dealkylation sites (N-methyl/N-ethyl adjacent to an activating group) is 1. The smallest absolute Gasteiger partial charge is 0.339 e. The van der Waals surface area contributed by atoms with Crippen molar-refractivity contribution in [3.63, 3.8) is 0 Å². The second kappa shape index (κ2) is 5.44. The Labute approximate surface area is 112 Å². The van der Waals surface area contributed by atoms with Gasteiger partial charge in [0.25, 0.3) is 0 Å². The topological polar surface area (TPSA) is 82.7 Å². The standard InChI is InChI=1S/C13H20N4O2/c1-3-10-8-17(5-4-16(10)2)12-11(13(18)19)6-9(14)7-15-12/h6-7,10H,3-5,8,14H2,1-2H3,(H,18,19). The molecule has 0 bridgehead atoms. The van der Waals surface area contributed by atoms with Crippen LogP contribution in [0.4, 0.5) is 11.5 Å². The molecule has 19 heavy (non-hydrogen) atoms. The SMILES string of the molecule is CCC1CN(c2ncc(N)cc2C(=O)O)CCN1C. The van der Waals surface area contributed by atoms with Crippen LogP contribution in [0.5, 0.6) is 0 Å². The predicted octanol–water partition coefficient (Wildman–Crippen LogP) is 0.892. The Bertz CT molecular complexity index is 478. The maximum Gasteiger partial charge on any atom is 0.339 e. The van der Waals surface area contributed by atoms with Crippen molar-refractivity contribution in [3.05, 3.63) is 17.8 Å². The molecule has 1 saturated heterocycles. The molecule has 1 aliphatic heterocycles. The number of anilines is 2. The van der Waals surface area contributed by atoms with Crippen LogP contribution in [-0.4, -0.2) is 53.7 Å². The molecule has 1 aromatic heterocycles. The average molecular weight is 264 g/mol. The van der Waals surface area contributed by atoms with Crippen LogP contribution in [0.3, 0.4) is 0 Å². The molecule has 6 heteroatoms. The van der Waals surface area contributed by atoms with E-state index in [1.54, 1.807) is 0 Å². The lowest BCUT2D eigenvalue weighted by atomic mass is 10.1. The van der Waals surface area contributed by atoms with E-state index in [1.165, 1.54) is 12.3 Å². The fourth-order valence-electron chi connectivity index (χ4n) is 2.46. The number of carboxylic acids is 1. The molecule has 1 unspecified atom stereocenters. The van der Waals surface area contributed by atoms with Crippen molar-refractivity contribution in [2.75, 3.05) is 37.3 Å². The van der Waals surface area contributed by atoms with Gasteiger partial charge < -0.3 is 15.7 Å². The van der Waals surface area contributed by atoms with Gasteiger partial charge >= 0.3 is 5.97 Å². The van der Waals surface area contributed by atoms with Crippen molar-refractivity contribution in [3.8, 4) is 0 Å². The Kier molecular flexibility index (Phi) is 3.90. The van der Waals surface area contributed by atoms with Gasteiger partial charge in [0.2, 0.25) is 0 Å². The number of carboxylic acid groups (broad SMARTS) is 1. The van der Waals surface area contributed by atoms with Crippen molar-refractivity contribution >= 4 is 17.5 Å². The molecule has 1 aliphatic rings. The highest BCUT2D eigenvalue weighted by Crippen LogP contribution is 2.23. The molecule has 0 spiro atoms. The molecule has 1 atom stereocenters. The van der Waals surface area contributed by atoms with Crippen LogP contribution in [0.1, 0.15) is 23.7 Å². The van der Waals surface area contributed by atoms with E-state index in [-0.39, 0.29) is 5.56 Å². The molecule has 2 rings (SSSR count). The highest BCUT2D eigenvalue weighted by molar-refractivity contribution is 5.94. The molecular weight excluding hydrogens is 244 g/mol. The number of rotatable bonds is 3. The molecule has 0 amide bonds. The van der Waals surface area contributed by atoms with E-state index in [4.69, 9.17) is 5.73 Å². The third-order valence-corrected chi connectivity index (χ3v) is 3.67. The molecule has 0 aliphatic carbocycles. The number of aromatic nitrogens is 1. The number of hydrogen-bond acceptors (Lipinski definition) is 5. The highest BCUT2D eigenvalue weighted by atomic mass is 16.4. The van der Waals surface area contributed by atoms with Crippen molar-refractivity contribution in [2.24, 2.45) is 0 Å². The first-order valence-corrected chi connectivity index (χ1v) is 6.47. The molecule has 104 valence electrons. The van der Waals surface area contributed by atoms with E-state index < -0.39 is 5.97 Å². The first kappa shape index (κ1) is 13.6. The summed E-state index contributed by atoms with van der Waals surface area (Å²) in [6, 6.07) is 1.90. The van der Waals surface area contributed by atoms with Crippen molar-refractivity contribution in [1.29, 1.82) is 0 Å². The van der Waals surface area contributed by atoms with Gasteiger partial charge in [-0.2, -0.15) is 0 Å². The molecule has 0 aromatic carbocycles. The summed E-state index contributed by atoms with van der Waals surface area (Å²) in [7, 11) is 2.10. The molecule has 1 fully saturated rings. The summed E-state index contributed by atoms with van der Waals surface area (Å²) < 4.78 is 0. The average Bonchev–Trinajstić information content (AvgIpc) is 2.39. The summed E-state index contributed by atoms with van der Waals surface area (Å²) >= 11 is 0. The fraction of sp³-hybridized carbons (Fsp3) is 0.538. The number of pyridine rings is 1. The van der Waals surface area contributed by atoms with Gasteiger partial charge in [-0.3, -0.25) is 4.90 Å². The summed E-state index contributed by atoms with van der Waals surface area (Å²) in [5, 5.41) is 9.26. The van der Waals surface area contributed by atoms with E-state index in [0.717, 1.165) is 26.1 Å². The number of nitrogens with zero attached hydrogens (tertiary/aromatic N) is 3. The Balaban J connectivity index is 2.29. The van der Waals surface area contributed by atoms with Crippen molar-refractivity contribution in [1.82, 2.24) is 9.88 Å². The van der Waals surface area contributed by atoms with Crippen LogP contribution >= 0.6 is 0 Å². The quantitative estimate of drug-likeness (QED) is 0.843. The molecule has 6 nitrogen and oxygen atoms in total. The minimum absolute atomic E-state index is 0.180. The van der Waals surface area contributed by atoms with Gasteiger partial charge in [-0.15, -0.1) is 0 Å². The van der Waals surface area contributed by atoms with Crippen LogP contribution in [0.15, 0.2) is 12.3 Å². The minimum atomic E-state index is -0.984. The molecular formula is C13H20N4O2. The van der Waals surface area contributed by atoms with Gasteiger partial charge in [0.05, 0.1) is 11.9 Å². The fourth-order valence-corrected chi connectivity index (χ4v) is 2.46. The number of nitrogen functional groups attached to an aromatic ring is 1. The number of hydrogen-bond donors (Lipinski definition) is 2. The van der Waals surface area contributed by atoms with Gasteiger partial charge in [-0.1, -0.05) is 6.92 Å². The maximum absolute atomic E-state index is 11.3. The Morgan fingerprint density at radius 3 is 2.95 bits per heavy atom. The Morgan fingerprint density at radius 1 is 1.58 bits per heavy atom. The van der Waals surface area contributed by atoms with Gasteiger partial charge in [-0.05, 0) is 19.5 Å². The Hall–Kier alpha value is -1.82. The zero-order valence-electron chi connectivity index (χ0n) is 11.3. The first-order valence-electron chi connectivity index (χ1n) is 6.47. The largest absolute Gasteiger partial charge is 0.478 e. The lowest BCUT2D eigenvalue weighted by Gasteiger charge is -2.40. The van der Waals surface area contributed by atoms with Crippen LogP contribution in [0, 0.1) is 0 Å². The number of carbonyl (C=O) groups is 1. The van der Waals surface area contributed by atoms with Crippen LogP contribution in [0.2, 0.25) is 0 Å². The Morgan fingerprint density at radius 2 is 2.32 bits per heavy atom. The molecule has 2 heterocycles. The predicted molar refractivity (Wildman–Crippen MR) is 74.5 cm³/mol. The first-order chi connectivity index (χ1) is 9.02. The molecule has 1 aromatic rings. The normalized spacial score (nSPS) is 20.5. The second-order valence-corrected chi connectivity index (χ2v) is 4.93. The number of nitrogens with two attached hydrogens (primary N) is 1. The van der Waals surface area contributed by atoms with Gasteiger partial charge in [0.15, 0.2) is 0 Å². The monoisotopic (exact) mass is 264 g/mol. The molecule has 0 radical (unpaired) electrons. The lowest BCUT2D eigenvalue weighted by Crippen LogP contribution is -2.51.